The van der Waals surface area contributed by atoms with Crippen molar-refractivity contribution in [2.24, 2.45) is 0 Å². The predicted molar refractivity (Wildman–Crippen MR) is 61.1 cm³/mol. The predicted octanol–water partition coefficient (Wildman–Crippen LogP) is 3.39. The Morgan fingerprint density at radius 1 is 1.06 bits per heavy atom. The van der Waals surface area contributed by atoms with E-state index in [0.29, 0.717) is 5.69 Å². The van der Waals surface area contributed by atoms with Crippen LogP contribution >= 0.6 is 0 Å². The van der Waals surface area contributed by atoms with Gasteiger partial charge in [0.1, 0.15) is 5.82 Å². The smallest absolute Gasteiger partial charge is 0.181 e. The Morgan fingerprint density at radius 3 is 2.50 bits per heavy atom. The van der Waals surface area contributed by atoms with Gasteiger partial charge in [-0.1, -0.05) is 30.3 Å². The van der Waals surface area contributed by atoms with Crippen molar-refractivity contribution in [2.75, 3.05) is 5.32 Å². The zero-order chi connectivity index (χ0) is 11.4. The molecular weight excluding hydrogens is 203 g/mol. The zero-order valence-electron chi connectivity index (χ0n) is 8.44. The van der Waals surface area contributed by atoms with Gasteiger partial charge < -0.3 is 0 Å². The van der Waals surface area contributed by atoms with Crippen LogP contribution in [-0.2, 0) is 0 Å². The van der Waals surface area contributed by atoms with Crippen molar-refractivity contribution in [1.29, 1.82) is 5.26 Å². The molecule has 0 fully saturated rings. The Hall–Kier alpha value is -2.34. The van der Waals surface area contributed by atoms with Crippen molar-refractivity contribution in [1.82, 2.24) is 0 Å². The highest BCUT2D eigenvalue weighted by Crippen LogP contribution is 2.28. The standard InChI is InChI=1S/C13H9FN2/c14-11-6-7-12(13(8-11)16-9-15)10-4-2-1-3-5-10/h1-8,16H. The van der Waals surface area contributed by atoms with Crippen LogP contribution in [0.3, 0.4) is 0 Å². The van der Waals surface area contributed by atoms with Crippen LogP contribution in [0.1, 0.15) is 0 Å². The summed E-state index contributed by atoms with van der Waals surface area (Å²) in [5, 5.41) is 11.1. The molecule has 0 radical (unpaired) electrons. The number of hydrogen-bond acceptors (Lipinski definition) is 2. The highest BCUT2D eigenvalue weighted by molar-refractivity contribution is 5.78. The molecule has 2 aromatic rings. The average molecular weight is 212 g/mol. The van der Waals surface area contributed by atoms with Gasteiger partial charge in [0.2, 0.25) is 0 Å². The van der Waals surface area contributed by atoms with Crippen LogP contribution in [0.25, 0.3) is 11.1 Å². The van der Waals surface area contributed by atoms with Crippen molar-refractivity contribution >= 4 is 5.69 Å². The minimum absolute atomic E-state index is 0.363. The second-order valence-corrected chi connectivity index (χ2v) is 3.29. The molecule has 3 heteroatoms. The molecule has 0 bridgehead atoms. The Kier molecular flexibility index (Phi) is 2.84. The fraction of sp³-hybridized carbons (Fsp3) is 0. The van der Waals surface area contributed by atoms with Gasteiger partial charge >= 0.3 is 0 Å². The molecule has 2 rings (SSSR count). The minimum Gasteiger partial charge on any atom is -0.292 e. The number of rotatable bonds is 2. The molecule has 2 nitrogen and oxygen atoms in total. The molecule has 16 heavy (non-hydrogen) atoms. The van der Waals surface area contributed by atoms with E-state index in [2.05, 4.69) is 5.32 Å². The van der Waals surface area contributed by atoms with Gasteiger partial charge in [0.15, 0.2) is 6.19 Å². The lowest BCUT2D eigenvalue weighted by Gasteiger charge is -2.07. The lowest BCUT2D eigenvalue weighted by molar-refractivity contribution is 0.628. The van der Waals surface area contributed by atoms with Crippen molar-refractivity contribution in [3.8, 4) is 17.3 Å². The summed E-state index contributed by atoms with van der Waals surface area (Å²) in [5.74, 6) is -0.363. The molecule has 0 saturated carbocycles. The van der Waals surface area contributed by atoms with Gasteiger partial charge in [0, 0.05) is 5.56 Å². The quantitative estimate of drug-likeness (QED) is 0.611. The summed E-state index contributed by atoms with van der Waals surface area (Å²) in [7, 11) is 0. The van der Waals surface area contributed by atoms with Gasteiger partial charge in [0.05, 0.1) is 5.69 Å². The Morgan fingerprint density at radius 2 is 1.81 bits per heavy atom. The van der Waals surface area contributed by atoms with E-state index in [9.17, 15) is 4.39 Å². The highest BCUT2D eigenvalue weighted by atomic mass is 19.1. The topological polar surface area (TPSA) is 35.8 Å². The average Bonchev–Trinajstić information content (AvgIpc) is 2.31. The summed E-state index contributed by atoms with van der Waals surface area (Å²) in [5.41, 5.74) is 2.23. The molecule has 0 aliphatic heterocycles. The van der Waals surface area contributed by atoms with Gasteiger partial charge in [-0.3, -0.25) is 5.32 Å². The fourth-order valence-corrected chi connectivity index (χ4v) is 1.55. The van der Waals surface area contributed by atoms with Gasteiger partial charge in [-0.25, -0.2) is 4.39 Å². The number of hydrogen-bond donors (Lipinski definition) is 1. The van der Waals surface area contributed by atoms with Crippen molar-refractivity contribution in [2.45, 2.75) is 0 Å². The summed E-state index contributed by atoms with van der Waals surface area (Å²) in [6.07, 6.45) is 1.80. The van der Waals surface area contributed by atoms with E-state index in [1.807, 2.05) is 30.3 Å². The van der Waals surface area contributed by atoms with Gasteiger partial charge in [-0.05, 0) is 23.8 Å². The van der Waals surface area contributed by atoms with E-state index in [1.54, 1.807) is 12.3 Å². The Labute approximate surface area is 93.0 Å². The largest absolute Gasteiger partial charge is 0.292 e. The molecule has 0 aliphatic carbocycles. The molecule has 78 valence electrons. The maximum Gasteiger partial charge on any atom is 0.181 e. The fourth-order valence-electron chi connectivity index (χ4n) is 1.55. The number of anilines is 1. The summed E-state index contributed by atoms with van der Waals surface area (Å²) in [4.78, 5) is 0. The maximum absolute atomic E-state index is 13.0. The van der Waals surface area contributed by atoms with E-state index in [4.69, 9.17) is 5.26 Å². The van der Waals surface area contributed by atoms with E-state index in [-0.39, 0.29) is 5.82 Å². The molecule has 1 N–H and O–H groups in total. The molecular formula is C13H9FN2. The second kappa shape index (κ2) is 4.45. The maximum atomic E-state index is 13.0. The number of nitrogens with zero attached hydrogens (tertiary/aromatic N) is 1. The van der Waals surface area contributed by atoms with E-state index >= 15 is 0 Å². The van der Waals surface area contributed by atoms with E-state index in [0.717, 1.165) is 11.1 Å². The minimum atomic E-state index is -0.363. The third-order valence-corrected chi connectivity index (χ3v) is 2.26. The Balaban J connectivity index is 2.53. The van der Waals surface area contributed by atoms with Crippen LogP contribution in [0.15, 0.2) is 48.5 Å². The number of benzene rings is 2. The lowest BCUT2D eigenvalue weighted by Crippen LogP contribution is -1.92. The number of halogens is 1. The monoisotopic (exact) mass is 212 g/mol. The van der Waals surface area contributed by atoms with Crippen molar-refractivity contribution in [3.05, 3.63) is 54.3 Å². The molecule has 0 atom stereocenters. The van der Waals surface area contributed by atoms with Crippen molar-refractivity contribution in [3.63, 3.8) is 0 Å². The van der Waals surface area contributed by atoms with Gasteiger partial charge in [-0.2, -0.15) is 5.26 Å². The van der Waals surface area contributed by atoms with E-state index in [1.165, 1.54) is 12.1 Å². The molecule has 0 spiro atoms. The molecule has 0 amide bonds. The molecule has 0 unspecified atom stereocenters. The summed E-state index contributed by atoms with van der Waals surface area (Å²) in [6.45, 7) is 0. The van der Waals surface area contributed by atoms with Crippen LogP contribution in [0.4, 0.5) is 10.1 Å². The molecule has 0 saturated heterocycles. The van der Waals surface area contributed by atoms with Gasteiger partial charge in [-0.15, -0.1) is 0 Å². The first-order chi connectivity index (χ1) is 7.81. The van der Waals surface area contributed by atoms with Crippen LogP contribution in [-0.4, -0.2) is 0 Å². The number of nitriles is 1. The molecule has 2 aromatic carbocycles. The summed E-state index contributed by atoms with van der Waals surface area (Å²) in [6, 6.07) is 13.9. The number of nitrogens with one attached hydrogen (secondary N) is 1. The van der Waals surface area contributed by atoms with Gasteiger partial charge in [0.25, 0.3) is 0 Å². The first-order valence-corrected chi connectivity index (χ1v) is 4.81. The van der Waals surface area contributed by atoms with E-state index < -0.39 is 0 Å². The molecule has 0 heterocycles. The summed E-state index contributed by atoms with van der Waals surface area (Å²) < 4.78 is 13.0. The van der Waals surface area contributed by atoms with Crippen LogP contribution in [0.5, 0.6) is 0 Å². The normalized spacial score (nSPS) is 9.50. The van der Waals surface area contributed by atoms with Crippen LogP contribution in [0, 0.1) is 17.3 Å². The zero-order valence-corrected chi connectivity index (χ0v) is 8.44. The first-order valence-electron chi connectivity index (χ1n) is 4.81. The molecule has 0 aliphatic rings. The molecule has 0 aromatic heterocycles. The third-order valence-electron chi connectivity index (χ3n) is 2.26. The highest BCUT2D eigenvalue weighted by Gasteiger charge is 2.05. The van der Waals surface area contributed by atoms with Crippen LogP contribution in [0.2, 0.25) is 0 Å². The first kappa shape index (κ1) is 10.2. The lowest BCUT2D eigenvalue weighted by atomic mass is 10.0. The Bertz CT molecular complexity index is 529. The SMILES string of the molecule is N#CNc1cc(F)ccc1-c1ccccc1. The third kappa shape index (κ3) is 2.01. The second-order valence-electron chi connectivity index (χ2n) is 3.29. The van der Waals surface area contributed by atoms with Crippen LogP contribution < -0.4 is 5.32 Å². The summed E-state index contributed by atoms with van der Waals surface area (Å²) >= 11 is 0. The van der Waals surface area contributed by atoms with Crippen molar-refractivity contribution < 1.29 is 4.39 Å².